The highest BCUT2D eigenvalue weighted by molar-refractivity contribution is 7.46. The average molecular weight is 629 g/mol. The molecule has 11 nitrogen and oxygen atoms in total. The van der Waals surface area contributed by atoms with Gasteiger partial charge in [0.1, 0.15) is 12.7 Å². The third-order valence-electron chi connectivity index (χ3n) is 6.55. The van der Waals surface area contributed by atoms with Crippen LogP contribution in [-0.2, 0) is 28.2 Å². The molecule has 42 heavy (non-hydrogen) atoms. The second-order valence-corrected chi connectivity index (χ2v) is 12.0. The van der Waals surface area contributed by atoms with Gasteiger partial charge in [-0.3, -0.25) is 14.1 Å². The second-order valence-electron chi connectivity index (χ2n) is 10.8. The van der Waals surface area contributed by atoms with E-state index in [0.29, 0.717) is 12.8 Å². The van der Waals surface area contributed by atoms with Gasteiger partial charge in [0.25, 0.3) is 0 Å². The summed E-state index contributed by atoms with van der Waals surface area (Å²) in [6.45, 7) is 2.92. The number of ether oxygens (including phenoxy) is 2. The Kier molecular flexibility index (Phi) is 32.1. The van der Waals surface area contributed by atoms with Crippen molar-refractivity contribution in [2.45, 2.75) is 154 Å². The summed E-state index contributed by atoms with van der Waals surface area (Å²) >= 11 is 0. The van der Waals surface area contributed by atoms with Gasteiger partial charge in [0.2, 0.25) is 0 Å². The van der Waals surface area contributed by atoms with E-state index in [4.69, 9.17) is 29.5 Å². The first-order valence-electron chi connectivity index (χ1n) is 16.0. The Labute approximate surface area is 254 Å². The molecule has 0 bridgehead atoms. The second kappa shape index (κ2) is 31.4. The SMILES string of the molecule is CCCCCCCCCCCC(=O)OC[C@H](CO)OC(=O)CCCCCCCCCCC.O=P(O)(O)OCC(O)CO. The molecule has 0 aliphatic heterocycles. The standard InChI is InChI=1S/C27H52O5.C3H9O6P/c1-3-5-7-9-11-13-15-17-19-21-26(29)31-24-25(23-28)32-27(30)22-20-18-16-14-12-10-8-6-4-2;4-1-3(5)2-9-10(6,7)8/h25,28H,3-24H2,1-2H3;3-5H,1-2H2,(H2,6,7,8)/t25-;/m0./s1. The Morgan fingerprint density at radius 1 is 0.619 bits per heavy atom. The van der Waals surface area contributed by atoms with Crippen LogP contribution < -0.4 is 0 Å². The quantitative estimate of drug-likeness (QED) is 0.0406. The molecule has 0 aromatic heterocycles. The van der Waals surface area contributed by atoms with Crippen LogP contribution >= 0.6 is 7.82 Å². The highest BCUT2D eigenvalue weighted by atomic mass is 31.2. The monoisotopic (exact) mass is 628 g/mol. The van der Waals surface area contributed by atoms with E-state index >= 15 is 0 Å². The lowest BCUT2D eigenvalue weighted by molar-refractivity contribution is -0.161. The van der Waals surface area contributed by atoms with Crippen molar-refractivity contribution in [3.05, 3.63) is 0 Å². The largest absolute Gasteiger partial charge is 0.469 e. The molecule has 0 aromatic carbocycles. The van der Waals surface area contributed by atoms with Gasteiger partial charge in [-0.25, -0.2) is 4.57 Å². The summed E-state index contributed by atoms with van der Waals surface area (Å²) in [5.74, 6) is -0.594. The lowest BCUT2D eigenvalue weighted by Crippen LogP contribution is -2.28. The van der Waals surface area contributed by atoms with Crippen LogP contribution in [0.2, 0.25) is 0 Å². The topological polar surface area (TPSA) is 180 Å². The molecule has 0 saturated carbocycles. The Balaban J connectivity index is 0. The van der Waals surface area contributed by atoms with Gasteiger partial charge in [-0.2, -0.15) is 0 Å². The van der Waals surface area contributed by atoms with Crippen molar-refractivity contribution in [2.24, 2.45) is 0 Å². The molecule has 0 heterocycles. The fourth-order valence-corrected chi connectivity index (χ4v) is 4.39. The first-order chi connectivity index (χ1) is 20.1. The molecule has 1 unspecified atom stereocenters. The number of unbranched alkanes of at least 4 members (excludes halogenated alkanes) is 16. The fraction of sp³-hybridized carbons (Fsp3) is 0.933. The molecule has 0 spiro atoms. The predicted octanol–water partition coefficient (Wildman–Crippen LogP) is 5.72. The summed E-state index contributed by atoms with van der Waals surface area (Å²) < 4.78 is 24.2. The first kappa shape index (κ1) is 43.1. The molecule has 0 aliphatic rings. The van der Waals surface area contributed by atoms with Crippen molar-refractivity contribution in [3.63, 3.8) is 0 Å². The third kappa shape index (κ3) is 35.1. The van der Waals surface area contributed by atoms with E-state index in [1.54, 1.807) is 0 Å². The van der Waals surface area contributed by atoms with Crippen molar-refractivity contribution in [1.82, 2.24) is 0 Å². The number of carbonyl (C=O) groups excluding carboxylic acids is 2. The van der Waals surface area contributed by atoms with Crippen molar-refractivity contribution in [1.29, 1.82) is 0 Å². The Morgan fingerprint density at radius 3 is 1.40 bits per heavy atom. The smallest absolute Gasteiger partial charge is 0.462 e. The zero-order chi connectivity index (χ0) is 31.9. The minimum Gasteiger partial charge on any atom is -0.462 e. The maximum Gasteiger partial charge on any atom is 0.469 e. The first-order valence-corrected chi connectivity index (χ1v) is 17.6. The zero-order valence-corrected chi connectivity index (χ0v) is 27.2. The molecule has 0 radical (unpaired) electrons. The van der Waals surface area contributed by atoms with E-state index in [9.17, 15) is 19.3 Å². The van der Waals surface area contributed by atoms with Crippen LogP contribution in [0.3, 0.4) is 0 Å². The van der Waals surface area contributed by atoms with Crippen LogP contribution in [0, 0.1) is 0 Å². The molecule has 0 rings (SSSR count). The summed E-state index contributed by atoms with van der Waals surface area (Å²) in [5.41, 5.74) is 0. The number of rotatable bonds is 28. The highest BCUT2D eigenvalue weighted by Gasteiger charge is 2.17. The number of hydrogen-bond acceptors (Lipinski definition) is 9. The Hall–Kier alpha value is -1.07. The summed E-state index contributed by atoms with van der Waals surface area (Å²) in [6, 6.07) is 0. The van der Waals surface area contributed by atoms with E-state index in [1.807, 2.05) is 0 Å². The van der Waals surface area contributed by atoms with Crippen LogP contribution in [0.5, 0.6) is 0 Å². The van der Waals surface area contributed by atoms with Crippen molar-refractivity contribution < 1.29 is 53.3 Å². The van der Waals surface area contributed by atoms with E-state index < -0.39 is 33.2 Å². The van der Waals surface area contributed by atoms with Gasteiger partial charge >= 0.3 is 19.8 Å². The minimum atomic E-state index is -4.50. The maximum absolute atomic E-state index is 11.9. The summed E-state index contributed by atoms with van der Waals surface area (Å²) in [6.07, 6.45) is 20.3. The number of phosphoric ester groups is 1. The van der Waals surface area contributed by atoms with Gasteiger partial charge in [0, 0.05) is 12.8 Å². The van der Waals surface area contributed by atoms with Crippen LogP contribution in [0.1, 0.15) is 142 Å². The molecular formula is C30H61O11P. The molecular weight excluding hydrogens is 567 g/mol. The number of carbonyl (C=O) groups is 2. The molecule has 0 aliphatic carbocycles. The van der Waals surface area contributed by atoms with Gasteiger partial charge in [-0.1, -0.05) is 117 Å². The Bertz CT molecular complexity index is 657. The van der Waals surface area contributed by atoms with Crippen LogP contribution in [0.25, 0.3) is 0 Å². The summed E-state index contributed by atoms with van der Waals surface area (Å²) in [7, 11) is -4.50. The molecule has 252 valence electrons. The van der Waals surface area contributed by atoms with Crippen LogP contribution in [0.15, 0.2) is 0 Å². The Morgan fingerprint density at radius 2 is 1.02 bits per heavy atom. The molecule has 12 heteroatoms. The van der Waals surface area contributed by atoms with Crippen molar-refractivity contribution >= 4 is 19.8 Å². The predicted molar refractivity (Wildman–Crippen MR) is 163 cm³/mol. The normalized spacial score (nSPS) is 12.7. The van der Waals surface area contributed by atoms with Gasteiger partial charge in [0.15, 0.2) is 6.10 Å². The molecule has 5 N–H and O–H groups in total. The summed E-state index contributed by atoms with van der Waals surface area (Å²) in [4.78, 5) is 39.9. The van der Waals surface area contributed by atoms with Gasteiger partial charge < -0.3 is 34.6 Å². The maximum atomic E-state index is 11.9. The summed E-state index contributed by atoms with van der Waals surface area (Å²) in [5, 5.41) is 26.1. The van der Waals surface area contributed by atoms with Crippen LogP contribution in [0.4, 0.5) is 0 Å². The van der Waals surface area contributed by atoms with Gasteiger partial charge in [-0.05, 0) is 12.8 Å². The van der Waals surface area contributed by atoms with Gasteiger partial charge in [-0.15, -0.1) is 0 Å². The molecule has 0 aromatic rings. The molecule has 0 amide bonds. The zero-order valence-electron chi connectivity index (χ0n) is 26.3. The van der Waals surface area contributed by atoms with E-state index in [2.05, 4.69) is 18.4 Å². The fourth-order valence-electron chi connectivity index (χ4n) is 4.02. The third-order valence-corrected chi connectivity index (χ3v) is 7.03. The number of phosphoric acid groups is 1. The van der Waals surface area contributed by atoms with Crippen LogP contribution in [-0.4, -0.2) is 75.7 Å². The molecule has 0 fully saturated rings. The number of hydrogen-bond donors (Lipinski definition) is 5. The minimum absolute atomic E-state index is 0.0593. The molecule has 0 saturated heterocycles. The van der Waals surface area contributed by atoms with Gasteiger partial charge in [0.05, 0.1) is 19.8 Å². The lowest BCUT2D eigenvalue weighted by atomic mass is 10.1. The number of aliphatic hydroxyl groups excluding tert-OH is 3. The van der Waals surface area contributed by atoms with E-state index in [-0.39, 0.29) is 25.2 Å². The average Bonchev–Trinajstić information content (AvgIpc) is 2.96. The van der Waals surface area contributed by atoms with E-state index in [1.165, 1.54) is 77.0 Å². The molecule has 2 atom stereocenters. The van der Waals surface area contributed by atoms with Crippen molar-refractivity contribution in [2.75, 3.05) is 26.4 Å². The number of aliphatic hydroxyl groups is 3. The highest BCUT2D eigenvalue weighted by Crippen LogP contribution is 2.35. The van der Waals surface area contributed by atoms with E-state index in [0.717, 1.165) is 38.5 Å². The van der Waals surface area contributed by atoms with Crippen molar-refractivity contribution in [3.8, 4) is 0 Å². The number of esters is 2. The lowest BCUT2D eigenvalue weighted by Gasteiger charge is -2.15.